The molecule has 1 amide bonds. The topological polar surface area (TPSA) is 55.1 Å². The lowest BCUT2D eigenvalue weighted by molar-refractivity contribution is 0.102. The van der Waals surface area contributed by atoms with E-state index >= 15 is 0 Å². The van der Waals surface area contributed by atoms with Gasteiger partial charge in [-0.15, -0.1) is 11.3 Å². The van der Waals surface area contributed by atoms with Crippen LogP contribution in [0.2, 0.25) is 0 Å². The van der Waals surface area contributed by atoms with Gasteiger partial charge in [-0.3, -0.25) is 4.79 Å². The van der Waals surface area contributed by atoms with Crippen molar-refractivity contribution >= 4 is 27.9 Å². The van der Waals surface area contributed by atoms with Gasteiger partial charge in [0.15, 0.2) is 0 Å². The summed E-state index contributed by atoms with van der Waals surface area (Å²) in [6.45, 7) is 3.82. The Labute approximate surface area is 145 Å². The van der Waals surface area contributed by atoms with Crippen LogP contribution in [-0.4, -0.2) is 5.91 Å². The maximum Gasteiger partial charge on any atom is 0.256 e. The number of hydrogen-bond acceptors (Lipinski definition) is 3. The van der Waals surface area contributed by atoms with Gasteiger partial charge >= 0.3 is 0 Å². The van der Waals surface area contributed by atoms with Gasteiger partial charge in [-0.2, -0.15) is 0 Å². The predicted molar refractivity (Wildman–Crippen MR) is 101 cm³/mol. The van der Waals surface area contributed by atoms with Crippen LogP contribution in [-0.2, 0) is 6.42 Å². The third-order valence-electron chi connectivity index (χ3n) is 3.61. The van der Waals surface area contributed by atoms with Gasteiger partial charge < -0.3 is 11.1 Å². The van der Waals surface area contributed by atoms with E-state index in [9.17, 15) is 4.79 Å². The molecule has 1 aromatic heterocycles. The van der Waals surface area contributed by atoms with E-state index < -0.39 is 0 Å². The Bertz CT molecular complexity index is 854. The molecule has 0 spiro atoms. The molecule has 0 bridgehead atoms. The standard InChI is InChI=1S/C20H18N2OS/c1-14(21)18-13-17(12-15-8-4-2-5-9-15)24-20(18)22-19(23)16-10-6-3-7-11-16/h2-11,13H,1,12,21H2,(H,22,23). The van der Waals surface area contributed by atoms with Crippen LogP contribution in [0.15, 0.2) is 73.3 Å². The average Bonchev–Trinajstić information content (AvgIpc) is 2.99. The molecule has 24 heavy (non-hydrogen) atoms. The van der Waals surface area contributed by atoms with Crippen LogP contribution >= 0.6 is 11.3 Å². The van der Waals surface area contributed by atoms with Crippen LogP contribution in [0.5, 0.6) is 0 Å². The number of benzene rings is 2. The van der Waals surface area contributed by atoms with Gasteiger partial charge in [0.2, 0.25) is 0 Å². The number of anilines is 1. The molecule has 0 saturated carbocycles. The van der Waals surface area contributed by atoms with Crippen LogP contribution in [0.25, 0.3) is 5.70 Å². The van der Waals surface area contributed by atoms with E-state index in [1.54, 1.807) is 12.1 Å². The molecule has 3 nitrogen and oxygen atoms in total. The fourth-order valence-corrected chi connectivity index (χ4v) is 3.54. The molecule has 2 aromatic carbocycles. The van der Waals surface area contributed by atoms with Crippen LogP contribution < -0.4 is 11.1 Å². The molecule has 0 fully saturated rings. The number of amides is 1. The molecule has 0 saturated heterocycles. The van der Waals surface area contributed by atoms with Gasteiger partial charge in [0, 0.05) is 28.1 Å². The molecule has 3 aromatic rings. The Hall–Kier alpha value is -2.85. The summed E-state index contributed by atoms with van der Waals surface area (Å²) in [5.41, 5.74) is 8.97. The van der Waals surface area contributed by atoms with Gasteiger partial charge in [-0.1, -0.05) is 55.1 Å². The molecule has 0 atom stereocenters. The smallest absolute Gasteiger partial charge is 0.256 e. The summed E-state index contributed by atoms with van der Waals surface area (Å²) < 4.78 is 0. The summed E-state index contributed by atoms with van der Waals surface area (Å²) >= 11 is 1.53. The van der Waals surface area contributed by atoms with Gasteiger partial charge in [0.25, 0.3) is 5.91 Å². The van der Waals surface area contributed by atoms with E-state index in [1.807, 2.05) is 42.5 Å². The number of nitrogens with one attached hydrogen (secondary N) is 1. The Morgan fingerprint density at radius 2 is 1.67 bits per heavy atom. The first kappa shape index (κ1) is 16.0. The van der Waals surface area contributed by atoms with E-state index in [0.29, 0.717) is 11.3 Å². The lowest BCUT2D eigenvalue weighted by Crippen LogP contribution is -2.12. The van der Waals surface area contributed by atoms with Gasteiger partial charge in [-0.05, 0) is 23.8 Å². The van der Waals surface area contributed by atoms with E-state index in [0.717, 1.165) is 21.9 Å². The quantitative estimate of drug-likeness (QED) is 0.721. The number of nitrogens with two attached hydrogens (primary N) is 1. The third-order valence-corrected chi connectivity index (χ3v) is 4.66. The van der Waals surface area contributed by atoms with Crippen LogP contribution in [0, 0.1) is 0 Å². The van der Waals surface area contributed by atoms with Crippen molar-refractivity contribution in [3.8, 4) is 0 Å². The van der Waals surface area contributed by atoms with Gasteiger partial charge in [-0.25, -0.2) is 0 Å². The van der Waals surface area contributed by atoms with Crippen molar-refractivity contribution in [2.45, 2.75) is 6.42 Å². The molecule has 3 rings (SSSR count). The summed E-state index contributed by atoms with van der Waals surface area (Å²) in [6.07, 6.45) is 0.799. The Morgan fingerprint density at radius 1 is 1.04 bits per heavy atom. The first-order valence-corrected chi connectivity index (χ1v) is 8.43. The second kappa shape index (κ2) is 7.15. The second-order valence-electron chi connectivity index (χ2n) is 5.46. The zero-order valence-corrected chi connectivity index (χ0v) is 14.0. The lowest BCUT2D eigenvalue weighted by atomic mass is 10.1. The van der Waals surface area contributed by atoms with Gasteiger partial charge in [0.05, 0.1) is 0 Å². The van der Waals surface area contributed by atoms with Crippen LogP contribution in [0.1, 0.15) is 26.4 Å². The highest BCUT2D eigenvalue weighted by Crippen LogP contribution is 2.32. The van der Waals surface area contributed by atoms with E-state index in [1.165, 1.54) is 16.9 Å². The summed E-state index contributed by atoms with van der Waals surface area (Å²) in [7, 11) is 0. The van der Waals surface area contributed by atoms with E-state index in [2.05, 4.69) is 24.0 Å². The molecule has 0 radical (unpaired) electrons. The zero-order chi connectivity index (χ0) is 16.9. The average molecular weight is 334 g/mol. The number of carbonyl (C=O) groups excluding carboxylic acids is 1. The SMILES string of the molecule is C=C(N)c1cc(Cc2ccccc2)sc1NC(=O)c1ccccc1. The predicted octanol–water partition coefficient (Wildman–Crippen LogP) is 4.52. The summed E-state index contributed by atoms with van der Waals surface area (Å²) in [5.74, 6) is -0.147. The molecular weight excluding hydrogens is 316 g/mol. The molecule has 0 aliphatic heterocycles. The van der Waals surface area contributed by atoms with Crippen molar-refractivity contribution in [3.05, 3.63) is 94.9 Å². The highest BCUT2D eigenvalue weighted by Gasteiger charge is 2.14. The molecular formula is C20H18N2OS. The molecule has 4 heteroatoms. The molecule has 0 aliphatic carbocycles. The van der Waals surface area contributed by atoms with Crippen molar-refractivity contribution in [2.24, 2.45) is 5.73 Å². The van der Waals surface area contributed by atoms with Crippen molar-refractivity contribution < 1.29 is 4.79 Å². The maximum atomic E-state index is 12.4. The normalized spacial score (nSPS) is 10.3. The Morgan fingerprint density at radius 3 is 2.29 bits per heavy atom. The minimum atomic E-state index is -0.147. The number of thiophene rings is 1. The minimum Gasteiger partial charge on any atom is -0.399 e. The monoisotopic (exact) mass is 334 g/mol. The van der Waals surface area contributed by atoms with Crippen molar-refractivity contribution in [2.75, 3.05) is 5.32 Å². The summed E-state index contributed by atoms with van der Waals surface area (Å²) in [4.78, 5) is 13.5. The maximum absolute atomic E-state index is 12.4. The van der Waals surface area contributed by atoms with Crippen molar-refractivity contribution in [1.29, 1.82) is 0 Å². The first-order chi connectivity index (χ1) is 11.6. The first-order valence-electron chi connectivity index (χ1n) is 7.61. The number of carbonyl (C=O) groups is 1. The van der Waals surface area contributed by atoms with Gasteiger partial charge in [0.1, 0.15) is 5.00 Å². The summed E-state index contributed by atoms with van der Waals surface area (Å²) in [5, 5.41) is 3.69. The van der Waals surface area contributed by atoms with Crippen LogP contribution in [0.3, 0.4) is 0 Å². The van der Waals surface area contributed by atoms with Crippen molar-refractivity contribution in [1.82, 2.24) is 0 Å². The van der Waals surface area contributed by atoms with Crippen molar-refractivity contribution in [3.63, 3.8) is 0 Å². The Kier molecular flexibility index (Phi) is 4.77. The largest absolute Gasteiger partial charge is 0.399 e. The second-order valence-corrected chi connectivity index (χ2v) is 6.60. The highest BCUT2D eigenvalue weighted by atomic mass is 32.1. The number of hydrogen-bond donors (Lipinski definition) is 2. The lowest BCUT2D eigenvalue weighted by Gasteiger charge is -2.05. The van der Waals surface area contributed by atoms with E-state index in [4.69, 9.17) is 5.73 Å². The molecule has 120 valence electrons. The van der Waals surface area contributed by atoms with Crippen LogP contribution in [0.4, 0.5) is 5.00 Å². The molecule has 1 heterocycles. The third kappa shape index (κ3) is 3.73. The number of rotatable bonds is 5. The molecule has 0 aliphatic rings. The molecule has 3 N–H and O–H groups in total. The van der Waals surface area contributed by atoms with E-state index in [-0.39, 0.29) is 5.91 Å². The fraction of sp³-hybridized carbons (Fsp3) is 0.0500. The molecule has 0 unspecified atom stereocenters. The summed E-state index contributed by atoms with van der Waals surface area (Å²) in [6, 6.07) is 21.3. The zero-order valence-electron chi connectivity index (χ0n) is 13.2. The minimum absolute atomic E-state index is 0.147. The Balaban J connectivity index is 1.84. The highest BCUT2D eigenvalue weighted by molar-refractivity contribution is 7.16. The fourth-order valence-electron chi connectivity index (χ4n) is 2.42.